The van der Waals surface area contributed by atoms with E-state index in [0.717, 1.165) is 23.3 Å². The van der Waals surface area contributed by atoms with Gasteiger partial charge in [-0.15, -0.1) is 11.6 Å². The summed E-state index contributed by atoms with van der Waals surface area (Å²) in [7, 11) is 1.98. The van der Waals surface area contributed by atoms with Crippen LogP contribution in [0.5, 0.6) is 0 Å². The van der Waals surface area contributed by atoms with Crippen LogP contribution in [-0.2, 0) is 0 Å². The van der Waals surface area contributed by atoms with Crippen molar-refractivity contribution in [2.45, 2.75) is 0 Å². The number of aromatic nitrogens is 2. The van der Waals surface area contributed by atoms with Gasteiger partial charge in [0.2, 0.25) is 0 Å². The molecule has 1 heterocycles. The van der Waals surface area contributed by atoms with Gasteiger partial charge in [0.15, 0.2) is 0 Å². The lowest BCUT2D eigenvalue weighted by atomic mass is 10.2. The smallest absolute Gasteiger partial charge is 0.139 e. The maximum atomic E-state index is 5.71. The molecule has 0 aliphatic rings. The van der Waals surface area contributed by atoms with Gasteiger partial charge in [-0.1, -0.05) is 12.1 Å². The van der Waals surface area contributed by atoms with E-state index in [1.165, 1.54) is 0 Å². The van der Waals surface area contributed by atoms with Crippen LogP contribution in [0, 0.1) is 0 Å². The van der Waals surface area contributed by atoms with Crippen LogP contribution in [-0.4, -0.2) is 29.4 Å². The minimum atomic E-state index is 0.592. The van der Waals surface area contributed by atoms with Crippen LogP contribution in [0.1, 0.15) is 0 Å². The molecule has 0 aliphatic heterocycles. The molecule has 0 saturated carbocycles. The van der Waals surface area contributed by atoms with Gasteiger partial charge in [-0.2, -0.15) is 0 Å². The number of para-hydroxylation sites is 1. The SMILES string of the molecule is CN(CCCl)c1ncnc2ccccc12. The van der Waals surface area contributed by atoms with E-state index in [2.05, 4.69) is 9.97 Å². The van der Waals surface area contributed by atoms with Crippen LogP contribution in [0.15, 0.2) is 30.6 Å². The molecule has 0 radical (unpaired) electrons. The molecule has 2 rings (SSSR count). The predicted molar refractivity (Wildman–Crippen MR) is 63.5 cm³/mol. The Labute approximate surface area is 93.7 Å². The number of anilines is 1. The highest BCUT2D eigenvalue weighted by atomic mass is 35.5. The van der Waals surface area contributed by atoms with E-state index >= 15 is 0 Å². The van der Waals surface area contributed by atoms with Crippen LogP contribution in [0.25, 0.3) is 10.9 Å². The van der Waals surface area contributed by atoms with Crippen LogP contribution < -0.4 is 4.90 Å². The van der Waals surface area contributed by atoms with Crippen LogP contribution in [0.3, 0.4) is 0 Å². The van der Waals surface area contributed by atoms with Gasteiger partial charge in [0.25, 0.3) is 0 Å². The van der Waals surface area contributed by atoms with Gasteiger partial charge in [0.05, 0.1) is 5.52 Å². The van der Waals surface area contributed by atoms with E-state index in [4.69, 9.17) is 11.6 Å². The van der Waals surface area contributed by atoms with Crippen LogP contribution in [0.2, 0.25) is 0 Å². The topological polar surface area (TPSA) is 29.0 Å². The number of benzene rings is 1. The maximum Gasteiger partial charge on any atom is 0.139 e. The molecule has 0 aliphatic carbocycles. The van der Waals surface area contributed by atoms with Gasteiger partial charge in [-0.25, -0.2) is 9.97 Å². The molecule has 2 aromatic rings. The van der Waals surface area contributed by atoms with Crippen molar-refractivity contribution in [3.05, 3.63) is 30.6 Å². The number of hydrogen-bond acceptors (Lipinski definition) is 3. The fraction of sp³-hybridized carbons (Fsp3) is 0.273. The Morgan fingerprint density at radius 2 is 2.07 bits per heavy atom. The zero-order chi connectivity index (χ0) is 10.7. The monoisotopic (exact) mass is 221 g/mol. The highest BCUT2D eigenvalue weighted by molar-refractivity contribution is 6.18. The normalized spacial score (nSPS) is 10.5. The first kappa shape index (κ1) is 10.2. The van der Waals surface area contributed by atoms with Crippen molar-refractivity contribution in [3.8, 4) is 0 Å². The Bertz CT molecular complexity index is 453. The molecule has 3 nitrogen and oxygen atoms in total. The third-order valence-electron chi connectivity index (χ3n) is 2.30. The summed E-state index contributed by atoms with van der Waals surface area (Å²) in [5.74, 6) is 1.52. The Hall–Kier alpha value is -1.35. The summed E-state index contributed by atoms with van der Waals surface area (Å²) < 4.78 is 0. The molecule has 0 saturated heterocycles. The van der Waals surface area contributed by atoms with Gasteiger partial charge in [-0.05, 0) is 12.1 Å². The minimum Gasteiger partial charge on any atom is -0.358 e. The van der Waals surface area contributed by atoms with Crippen molar-refractivity contribution < 1.29 is 0 Å². The fourth-order valence-electron chi connectivity index (χ4n) is 1.53. The zero-order valence-corrected chi connectivity index (χ0v) is 9.28. The molecule has 1 aromatic heterocycles. The lowest BCUT2D eigenvalue weighted by molar-refractivity contribution is 0.945. The summed E-state index contributed by atoms with van der Waals surface area (Å²) in [5, 5.41) is 1.06. The molecule has 0 atom stereocenters. The molecule has 1 aromatic carbocycles. The number of halogens is 1. The zero-order valence-electron chi connectivity index (χ0n) is 8.52. The molecule has 4 heteroatoms. The van der Waals surface area contributed by atoms with Gasteiger partial charge < -0.3 is 4.90 Å². The highest BCUT2D eigenvalue weighted by Crippen LogP contribution is 2.20. The van der Waals surface area contributed by atoms with E-state index in [9.17, 15) is 0 Å². The number of alkyl halides is 1. The summed E-state index contributed by atoms with van der Waals surface area (Å²) in [6.45, 7) is 0.780. The second kappa shape index (κ2) is 4.45. The molecule has 0 amide bonds. The largest absolute Gasteiger partial charge is 0.358 e. The quantitative estimate of drug-likeness (QED) is 0.745. The Balaban J connectivity index is 2.50. The van der Waals surface area contributed by atoms with E-state index in [1.54, 1.807) is 6.33 Å². The highest BCUT2D eigenvalue weighted by Gasteiger charge is 2.06. The molecular weight excluding hydrogens is 210 g/mol. The summed E-state index contributed by atoms with van der Waals surface area (Å²) in [6.07, 6.45) is 1.59. The Kier molecular flexibility index (Phi) is 3.02. The average molecular weight is 222 g/mol. The fourth-order valence-corrected chi connectivity index (χ4v) is 1.78. The van der Waals surface area contributed by atoms with Crippen molar-refractivity contribution in [2.24, 2.45) is 0 Å². The second-order valence-electron chi connectivity index (χ2n) is 3.32. The van der Waals surface area contributed by atoms with Crippen molar-refractivity contribution in [1.29, 1.82) is 0 Å². The predicted octanol–water partition coefficient (Wildman–Crippen LogP) is 2.30. The number of fused-ring (bicyclic) bond motifs is 1. The van der Waals surface area contributed by atoms with Crippen LogP contribution >= 0.6 is 11.6 Å². The van der Waals surface area contributed by atoms with Crippen molar-refractivity contribution in [1.82, 2.24) is 9.97 Å². The van der Waals surface area contributed by atoms with Crippen molar-refractivity contribution in [3.63, 3.8) is 0 Å². The Morgan fingerprint density at radius 1 is 1.27 bits per heavy atom. The number of nitrogens with zero attached hydrogens (tertiary/aromatic N) is 3. The molecule has 0 N–H and O–H groups in total. The van der Waals surface area contributed by atoms with Crippen molar-refractivity contribution in [2.75, 3.05) is 24.4 Å². The summed E-state index contributed by atoms with van der Waals surface area (Å²) in [5.41, 5.74) is 0.962. The number of rotatable bonds is 3. The molecule has 0 fully saturated rings. The third-order valence-corrected chi connectivity index (χ3v) is 2.47. The molecule has 15 heavy (non-hydrogen) atoms. The maximum absolute atomic E-state index is 5.71. The van der Waals surface area contributed by atoms with E-state index in [-0.39, 0.29) is 0 Å². The van der Waals surface area contributed by atoms with Gasteiger partial charge in [0.1, 0.15) is 12.1 Å². The first-order chi connectivity index (χ1) is 7.33. The lowest BCUT2D eigenvalue weighted by Crippen LogP contribution is -2.21. The molecule has 0 spiro atoms. The first-order valence-electron chi connectivity index (χ1n) is 4.80. The second-order valence-corrected chi connectivity index (χ2v) is 3.70. The molecular formula is C11H12ClN3. The standard InChI is InChI=1S/C11H12ClN3/c1-15(7-6-12)11-9-4-2-3-5-10(9)13-8-14-11/h2-5,8H,6-7H2,1H3. The molecule has 0 unspecified atom stereocenters. The minimum absolute atomic E-state index is 0.592. The van der Waals surface area contributed by atoms with E-state index < -0.39 is 0 Å². The van der Waals surface area contributed by atoms with Crippen molar-refractivity contribution >= 4 is 28.3 Å². The average Bonchev–Trinajstić information content (AvgIpc) is 2.28. The van der Waals surface area contributed by atoms with Gasteiger partial charge >= 0.3 is 0 Å². The van der Waals surface area contributed by atoms with E-state index in [0.29, 0.717) is 5.88 Å². The summed E-state index contributed by atoms with van der Waals surface area (Å²) in [4.78, 5) is 10.5. The van der Waals surface area contributed by atoms with Gasteiger partial charge in [-0.3, -0.25) is 0 Å². The lowest BCUT2D eigenvalue weighted by Gasteiger charge is -2.17. The number of hydrogen-bond donors (Lipinski definition) is 0. The Morgan fingerprint density at radius 3 is 2.87 bits per heavy atom. The summed E-state index contributed by atoms with van der Waals surface area (Å²) in [6, 6.07) is 7.97. The molecule has 78 valence electrons. The van der Waals surface area contributed by atoms with Gasteiger partial charge in [0, 0.05) is 24.9 Å². The molecule has 0 bridgehead atoms. The third kappa shape index (κ3) is 2.02. The van der Waals surface area contributed by atoms with Crippen LogP contribution in [0.4, 0.5) is 5.82 Å². The van der Waals surface area contributed by atoms with E-state index in [1.807, 2.05) is 36.2 Å². The first-order valence-corrected chi connectivity index (χ1v) is 5.33. The summed E-state index contributed by atoms with van der Waals surface area (Å²) >= 11 is 5.71.